The van der Waals surface area contributed by atoms with Crippen LogP contribution < -0.4 is 5.73 Å². The van der Waals surface area contributed by atoms with Crippen molar-refractivity contribution in [1.82, 2.24) is 9.80 Å². The SMILES string of the molecule is CCCCCN(C)CCN1CCC/C(=C/C=C(\C)c2ccc(CC(N)=O)cc2)C(C)C1=O. The first-order valence-electron chi connectivity index (χ1n) is 12.0. The van der Waals surface area contributed by atoms with Crippen LogP contribution in [0, 0.1) is 5.92 Å². The Hall–Kier alpha value is -2.40. The van der Waals surface area contributed by atoms with Crippen LogP contribution in [0.5, 0.6) is 0 Å². The second-order valence-corrected chi connectivity index (χ2v) is 9.09. The first kappa shape index (κ1) is 25.9. The van der Waals surface area contributed by atoms with E-state index in [0.29, 0.717) is 0 Å². The quantitative estimate of drug-likeness (QED) is 0.519. The molecule has 1 heterocycles. The lowest BCUT2D eigenvalue weighted by Gasteiger charge is -2.26. The van der Waals surface area contributed by atoms with Crippen LogP contribution in [0.15, 0.2) is 42.0 Å². The number of nitrogens with zero attached hydrogens (tertiary/aromatic N) is 2. The van der Waals surface area contributed by atoms with Crippen LogP contribution in [0.2, 0.25) is 0 Å². The lowest BCUT2D eigenvalue weighted by Crippen LogP contribution is -2.39. The molecular formula is C27H41N3O2. The van der Waals surface area contributed by atoms with Gasteiger partial charge in [-0.05, 0) is 63.4 Å². The van der Waals surface area contributed by atoms with E-state index < -0.39 is 0 Å². The molecule has 5 nitrogen and oxygen atoms in total. The van der Waals surface area contributed by atoms with Crippen molar-refractivity contribution in [3.63, 3.8) is 0 Å². The van der Waals surface area contributed by atoms with Gasteiger partial charge in [-0.25, -0.2) is 0 Å². The number of carbonyl (C=O) groups is 2. The maximum atomic E-state index is 13.1. The predicted octanol–water partition coefficient (Wildman–Crippen LogP) is 4.42. The molecule has 0 aromatic heterocycles. The zero-order valence-electron chi connectivity index (χ0n) is 20.4. The van der Waals surface area contributed by atoms with Crippen LogP contribution >= 0.6 is 0 Å². The number of rotatable bonds is 11. The monoisotopic (exact) mass is 439 g/mol. The molecule has 2 rings (SSSR count). The van der Waals surface area contributed by atoms with Crippen molar-refractivity contribution in [2.24, 2.45) is 11.7 Å². The summed E-state index contributed by atoms with van der Waals surface area (Å²) in [6.45, 7) is 10.0. The Labute approximate surface area is 194 Å². The molecule has 2 amide bonds. The van der Waals surface area contributed by atoms with Crippen molar-refractivity contribution in [3.8, 4) is 0 Å². The van der Waals surface area contributed by atoms with Gasteiger partial charge in [0.2, 0.25) is 11.8 Å². The van der Waals surface area contributed by atoms with E-state index in [1.807, 2.05) is 31.2 Å². The maximum absolute atomic E-state index is 13.1. The third-order valence-electron chi connectivity index (χ3n) is 6.36. The van der Waals surface area contributed by atoms with E-state index in [-0.39, 0.29) is 24.2 Å². The predicted molar refractivity (Wildman–Crippen MR) is 133 cm³/mol. The smallest absolute Gasteiger partial charge is 0.229 e. The van der Waals surface area contributed by atoms with Gasteiger partial charge in [-0.15, -0.1) is 0 Å². The Kier molecular flexibility index (Phi) is 10.7. The number of benzene rings is 1. The molecule has 0 bridgehead atoms. The van der Waals surface area contributed by atoms with E-state index in [9.17, 15) is 9.59 Å². The molecule has 2 N–H and O–H groups in total. The summed E-state index contributed by atoms with van der Waals surface area (Å²) in [6.07, 6.45) is 10.2. The van der Waals surface area contributed by atoms with Crippen molar-refractivity contribution >= 4 is 17.4 Å². The maximum Gasteiger partial charge on any atom is 0.229 e. The zero-order valence-corrected chi connectivity index (χ0v) is 20.4. The van der Waals surface area contributed by atoms with E-state index in [4.69, 9.17) is 5.73 Å². The van der Waals surface area contributed by atoms with Crippen molar-refractivity contribution in [1.29, 1.82) is 0 Å². The molecule has 0 aliphatic carbocycles. The van der Waals surface area contributed by atoms with E-state index in [0.717, 1.165) is 55.7 Å². The van der Waals surface area contributed by atoms with Gasteiger partial charge < -0.3 is 15.5 Å². The van der Waals surface area contributed by atoms with Gasteiger partial charge in [0.1, 0.15) is 0 Å². The lowest BCUT2D eigenvalue weighted by atomic mass is 9.95. The summed E-state index contributed by atoms with van der Waals surface area (Å²) < 4.78 is 0. The number of nitrogens with two attached hydrogens (primary N) is 1. The average Bonchev–Trinajstić information content (AvgIpc) is 2.89. The molecule has 1 atom stereocenters. The van der Waals surface area contributed by atoms with Crippen LogP contribution in [0.4, 0.5) is 0 Å². The number of hydrogen-bond donors (Lipinski definition) is 1. The zero-order chi connectivity index (χ0) is 23.5. The van der Waals surface area contributed by atoms with Crippen LogP contribution in [-0.4, -0.2) is 54.8 Å². The van der Waals surface area contributed by atoms with Crippen LogP contribution in [-0.2, 0) is 16.0 Å². The molecule has 1 aliphatic rings. The normalized spacial score (nSPS) is 19.0. The molecule has 1 fully saturated rings. The molecule has 0 saturated carbocycles. The Morgan fingerprint density at radius 1 is 1.22 bits per heavy atom. The van der Waals surface area contributed by atoms with Gasteiger partial charge in [-0.1, -0.05) is 61.8 Å². The third-order valence-corrected chi connectivity index (χ3v) is 6.36. The molecule has 1 saturated heterocycles. The Morgan fingerprint density at radius 3 is 2.59 bits per heavy atom. The molecule has 1 unspecified atom stereocenters. The van der Waals surface area contributed by atoms with Gasteiger partial charge in [0.25, 0.3) is 0 Å². The Morgan fingerprint density at radius 2 is 1.94 bits per heavy atom. The second kappa shape index (κ2) is 13.2. The highest BCUT2D eigenvalue weighted by atomic mass is 16.2. The van der Waals surface area contributed by atoms with E-state index >= 15 is 0 Å². The number of unbranched alkanes of at least 4 members (excludes halogenated alkanes) is 2. The number of primary amides is 1. The molecule has 1 aromatic rings. The van der Waals surface area contributed by atoms with E-state index in [1.54, 1.807) is 0 Å². The molecule has 0 radical (unpaired) electrons. The molecule has 0 spiro atoms. The minimum absolute atomic E-state index is 0.0788. The van der Waals surface area contributed by atoms with Crippen LogP contribution in [0.1, 0.15) is 64.0 Å². The fourth-order valence-corrected chi connectivity index (χ4v) is 4.13. The summed E-state index contributed by atoms with van der Waals surface area (Å²) in [5.74, 6) is -0.151. The highest BCUT2D eigenvalue weighted by Crippen LogP contribution is 2.25. The highest BCUT2D eigenvalue weighted by molar-refractivity contribution is 5.82. The topological polar surface area (TPSA) is 66.6 Å². The minimum atomic E-state index is -0.320. The van der Waals surface area contributed by atoms with Gasteiger partial charge in [0, 0.05) is 19.6 Å². The fraction of sp³-hybridized carbons (Fsp3) is 0.556. The largest absolute Gasteiger partial charge is 0.369 e. The molecule has 1 aliphatic heterocycles. The Bertz CT molecular complexity index is 811. The van der Waals surface area contributed by atoms with Gasteiger partial charge in [-0.3, -0.25) is 9.59 Å². The third kappa shape index (κ3) is 8.27. The van der Waals surface area contributed by atoms with Gasteiger partial charge >= 0.3 is 0 Å². The summed E-state index contributed by atoms with van der Waals surface area (Å²) >= 11 is 0. The summed E-state index contributed by atoms with van der Waals surface area (Å²) in [5, 5.41) is 0. The van der Waals surface area contributed by atoms with Crippen molar-refractivity contribution < 1.29 is 9.59 Å². The number of amides is 2. The van der Waals surface area contributed by atoms with E-state index in [2.05, 4.69) is 42.8 Å². The number of hydrogen-bond acceptors (Lipinski definition) is 3. The standard InChI is InChI=1S/C27H41N3O2/c1-5-6-7-16-29(4)18-19-30-17-8-9-25(22(3)27(30)32)13-10-21(2)24-14-11-23(12-15-24)20-26(28)31/h10-15,22H,5-9,16-20H2,1-4H3,(H2,28,31)/b21-10+,25-13-. The lowest BCUT2D eigenvalue weighted by molar-refractivity contribution is -0.133. The van der Waals surface area contributed by atoms with Crippen LogP contribution in [0.3, 0.4) is 0 Å². The van der Waals surface area contributed by atoms with Crippen molar-refractivity contribution in [2.75, 3.05) is 33.2 Å². The van der Waals surface area contributed by atoms with Crippen LogP contribution in [0.25, 0.3) is 5.57 Å². The number of likely N-dealkylation sites (tertiary alicyclic amines) is 1. The second-order valence-electron chi connectivity index (χ2n) is 9.09. The molecule has 176 valence electrons. The van der Waals surface area contributed by atoms with Gasteiger partial charge in [0.05, 0.1) is 12.3 Å². The Balaban J connectivity index is 1.97. The van der Waals surface area contributed by atoms with Gasteiger partial charge in [-0.2, -0.15) is 0 Å². The fourth-order valence-electron chi connectivity index (χ4n) is 4.13. The number of likely N-dealkylation sites (N-methyl/N-ethyl adjacent to an activating group) is 1. The summed E-state index contributed by atoms with van der Waals surface area (Å²) in [4.78, 5) is 28.5. The summed E-state index contributed by atoms with van der Waals surface area (Å²) in [6, 6.07) is 7.92. The van der Waals surface area contributed by atoms with Crippen molar-refractivity contribution in [3.05, 3.63) is 53.1 Å². The van der Waals surface area contributed by atoms with E-state index in [1.165, 1.54) is 24.8 Å². The van der Waals surface area contributed by atoms with Gasteiger partial charge in [0.15, 0.2) is 0 Å². The number of carbonyl (C=O) groups excluding carboxylic acids is 2. The minimum Gasteiger partial charge on any atom is -0.369 e. The first-order chi connectivity index (χ1) is 15.3. The summed E-state index contributed by atoms with van der Waals surface area (Å²) in [7, 11) is 2.15. The molecule has 32 heavy (non-hydrogen) atoms. The summed E-state index contributed by atoms with van der Waals surface area (Å²) in [5.41, 5.74) is 9.64. The molecule has 1 aromatic carbocycles. The average molecular weight is 440 g/mol. The highest BCUT2D eigenvalue weighted by Gasteiger charge is 2.26. The molecule has 5 heteroatoms. The number of allylic oxidation sites excluding steroid dienone is 3. The van der Waals surface area contributed by atoms with Crippen molar-refractivity contribution in [2.45, 2.75) is 59.3 Å². The first-order valence-corrected chi connectivity index (χ1v) is 12.0. The molecular weight excluding hydrogens is 398 g/mol.